The maximum absolute atomic E-state index is 10.6. The normalized spacial score (nSPS) is 25.8. The van der Waals surface area contributed by atoms with Crippen LogP contribution in [0.2, 0.25) is 0 Å². The summed E-state index contributed by atoms with van der Waals surface area (Å²) in [7, 11) is 0. The first-order valence-corrected chi connectivity index (χ1v) is 3.72. The van der Waals surface area contributed by atoms with Gasteiger partial charge in [-0.1, -0.05) is 0 Å². The number of hydrogen-bond acceptors (Lipinski definition) is 2. The number of hydrogen-bond donors (Lipinski definition) is 1. The monoisotopic (exact) mass is 166 g/mol. The number of likely N-dealkylation sites (tertiary alicyclic amines) is 1. The van der Waals surface area contributed by atoms with Gasteiger partial charge in [0.1, 0.15) is 0 Å². The van der Waals surface area contributed by atoms with Gasteiger partial charge in [-0.2, -0.15) is 5.26 Å². The molecule has 4 nitrogen and oxygen atoms in total. The molecule has 1 rings (SSSR count). The fourth-order valence-electron chi connectivity index (χ4n) is 1.38. The lowest BCUT2D eigenvalue weighted by Gasteiger charge is -2.15. The van der Waals surface area contributed by atoms with E-state index in [4.69, 9.17) is 10.4 Å². The van der Waals surface area contributed by atoms with Crippen LogP contribution in [0.1, 0.15) is 13.3 Å². The highest BCUT2D eigenvalue weighted by Crippen LogP contribution is 2.21. The lowest BCUT2D eigenvalue weighted by molar-refractivity contribution is 0.144. The number of rotatable bonds is 0. The van der Waals surface area contributed by atoms with Crippen LogP contribution >= 0.6 is 0 Å². The smallest absolute Gasteiger partial charge is 0.407 e. The topological polar surface area (TPSA) is 64.3 Å². The molecule has 0 aromatic rings. The Bertz CT molecular complexity index is 265. The average molecular weight is 166 g/mol. The van der Waals surface area contributed by atoms with E-state index in [-0.39, 0.29) is 6.04 Å². The number of amides is 1. The SMILES string of the molecule is CC1CC(=CC#N)CN1C(=O)O. The second-order valence-electron chi connectivity index (χ2n) is 2.90. The third kappa shape index (κ3) is 1.56. The molecule has 0 saturated carbocycles. The molecule has 0 radical (unpaired) electrons. The summed E-state index contributed by atoms with van der Waals surface area (Å²) in [4.78, 5) is 11.9. The van der Waals surface area contributed by atoms with Crippen molar-refractivity contribution in [1.82, 2.24) is 4.90 Å². The van der Waals surface area contributed by atoms with E-state index in [9.17, 15) is 4.79 Å². The van der Waals surface area contributed by atoms with Crippen LogP contribution in [0.4, 0.5) is 4.79 Å². The summed E-state index contributed by atoms with van der Waals surface area (Å²) in [6.45, 7) is 2.22. The van der Waals surface area contributed by atoms with Crippen molar-refractivity contribution < 1.29 is 9.90 Å². The van der Waals surface area contributed by atoms with Crippen molar-refractivity contribution >= 4 is 6.09 Å². The fourth-order valence-corrected chi connectivity index (χ4v) is 1.38. The Labute approximate surface area is 70.7 Å². The zero-order valence-electron chi connectivity index (χ0n) is 6.82. The van der Waals surface area contributed by atoms with E-state index in [0.717, 1.165) is 5.57 Å². The van der Waals surface area contributed by atoms with Crippen LogP contribution < -0.4 is 0 Å². The molecule has 0 aromatic carbocycles. The summed E-state index contributed by atoms with van der Waals surface area (Å²) in [6, 6.07) is 1.91. The maximum atomic E-state index is 10.6. The third-order valence-corrected chi connectivity index (χ3v) is 1.98. The molecule has 1 N–H and O–H groups in total. The minimum Gasteiger partial charge on any atom is -0.465 e. The minimum atomic E-state index is -0.913. The minimum absolute atomic E-state index is 0.00194. The Balaban J connectivity index is 2.70. The van der Waals surface area contributed by atoms with Gasteiger partial charge in [-0.05, 0) is 18.9 Å². The van der Waals surface area contributed by atoms with Crippen LogP contribution in [0.3, 0.4) is 0 Å². The van der Waals surface area contributed by atoms with E-state index in [2.05, 4.69) is 0 Å². The first-order valence-electron chi connectivity index (χ1n) is 3.72. The molecular formula is C8H10N2O2. The summed E-state index contributed by atoms with van der Waals surface area (Å²) in [5.74, 6) is 0. The Morgan fingerprint density at radius 3 is 3.00 bits per heavy atom. The molecule has 1 aliphatic heterocycles. The third-order valence-electron chi connectivity index (χ3n) is 1.98. The van der Waals surface area contributed by atoms with Gasteiger partial charge in [-0.3, -0.25) is 0 Å². The second kappa shape index (κ2) is 3.26. The molecule has 1 amide bonds. The van der Waals surface area contributed by atoms with E-state index in [1.165, 1.54) is 11.0 Å². The molecule has 0 bridgehead atoms. The molecule has 1 atom stereocenters. The standard InChI is InChI=1S/C8H10N2O2/c1-6-4-7(2-3-9)5-10(6)8(11)12/h2,6H,4-5H2,1H3,(H,11,12). The van der Waals surface area contributed by atoms with Crippen LogP contribution in [0.5, 0.6) is 0 Å². The molecular weight excluding hydrogens is 156 g/mol. The summed E-state index contributed by atoms with van der Waals surface area (Å²) in [6.07, 6.45) is 1.20. The second-order valence-corrected chi connectivity index (χ2v) is 2.90. The number of nitrogens with zero attached hydrogens (tertiary/aromatic N) is 2. The van der Waals surface area contributed by atoms with Crippen molar-refractivity contribution in [2.75, 3.05) is 6.54 Å². The van der Waals surface area contributed by atoms with E-state index in [0.29, 0.717) is 13.0 Å². The zero-order valence-corrected chi connectivity index (χ0v) is 6.82. The predicted molar refractivity (Wildman–Crippen MR) is 42.5 cm³/mol. The van der Waals surface area contributed by atoms with Crippen LogP contribution in [-0.4, -0.2) is 28.7 Å². The predicted octanol–water partition coefficient (Wildman–Crippen LogP) is 1.21. The van der Waals surface area contributed by atoms with Gasteiger partial charge in [0.2, 0.25) is 0 Å². The molecule has 0 spiro atoms. The van der Waals surface area contributed by atoms with Crippen molar-refractivity contribution in [1.29, 1.82) is 5.26 Å². The first kappa shape index (κ1) is 8.60. The number of nitriles is 1. The fraction of sp³-hybridized carbons (Fsp3) is 0.500. The molecule has 1 aliphatic rings. The molecule has 0 aromatic heterocycles. The van der Waals surface area contributed by atoms with Gasteiger partial charge in [-0.25, -0.2) is 4.79 Å². The van der Waals surface area contributed by atoms with Gasteiger partial charge in [0.05, 0.1) is 6.07 Å². The van der Waals surface area contributed by atoms with Crippen molar-refractivity contribution in [2.45, 2.75) is 19.4 Å². The van der Waals surface area contributed by atoms with Crippen molar-refractivity contribution in [3.05, 3.63) is 11.6 Å². The van der Waals surface area contributed by atoms with Crippen LogP contribution in [0, 0.1) is 11.3 Å². The van der Waals surface area contributed by atoms with Gasteiger partial charge >= 0.3 is 6.09 Å². The molecule has 1 saturated heterocycles. The van der Waals surface area contributed by atoms with Crippen molar-refractivity contribution in [2.24, 2.45) is 0 Å². The first-order chi connectivity index (χ1) is 5.65. The highest BCUT2D eigenvalue weighted by molar-refractivity contribution is 5.66. The number of allylic oxidation sites excluding steroid dienone is 1. The van der Waals surface area contributed by atoms with Crippen molar-refractivity contribution in [3.8, 4) is 6.07 Å². The van der Waals surface area contributed by atoms with Crippen molar-refractivity contribution in [3.63, 3.8) is 0 Å². The molecule has 4 heteroatoms. The van der Waals surface area contributed by atoms with Gasteiger partial charge in [0.25, 0.3) is 0 Å². The molecule has 1 heterocycles. The largest absolute Gasteiger partial charge is 0.465 e. The molecule has 1 fully saturated rings. The summed E-state index contributed by atoms with van der Waals surface area (Å²) >= 11 is 0. The molecule has 1 unspecified atom stereocenters. The lowest BCUT2D eigenvalue weighted by atomic mass is 10.2. The van der Waals surface area contributed by atoms with Crippen LogP contribution in [0.25, 0.3) is 0 Å². The van der Waals surface area contributed by atoms with Gasteiger partial charge in [-0.15, -0.1) is 0 Å². The van der Waals surface area contributed by atoms with E-state index in [1.54, 1.807) is 0 Å². The Morgan fingerprint density at radius 2 is 2.58 bits per heavy atom. The lowest BCUT2D eigenvalue weighted by Crippen LogP contribution is -2.31. The zero-order chi connectivity index (χ0) is 9.14. The summed E-state index contributed by atoms with van der Waals surface area (Å²) in [5.41, 5.74) is 0.896. The van der Waals surface area contributed by atoms with Gasteiger partial charge in [0, 0.05) is 18.7 Å². The molecule has 12 heavy (non-hydrogen) atoms. The van der Waals surface area contributed by atoms with Crippen LogP contribution in [-0.2, 0) is 0 Å². The number of carboxylic acid groups (broad SMARTS) is 1. The van der Waals surface area contributed by atoms with E-state index >= 15 is 0 Å². The average Bonchev–Trinajstić information content (AvgIpc) is 2.32. The number of carbonyl (C=O) groups is 1. The van der Waals surface area contributed by atoms with Crippen LogP contribution in [0.15, 0.2) is 11.6 Å². The molecule has 64 valence electrons. The van der Waals surface area contributed by atoms with Gasteiger partial charge in [0.15, 0.2) is 0 Å². The quantitative estimate of drug-likeness (QED) is 0.550. The summed E-state index contributed by atoms with van der Waals surface area (Å²) < 4.78 is 0. The highest BCUT2D eigenvalue weighted by atomic mass is 16.4. The van der Waals surface area contributed by atoms with E-state index in [1.807, 2.05) is 13.0 Å². The van der Waals surface area contributed by atoms with E-state index < -0.39 is 6.09 Å². The maximum Gasteiger partial charge on any atom is 0.407 e. The summed E-state index contributed by atoms with van der Waals surface area (Å²) in [5, 5.41) is 17.0. The Morgan fingerprint density at radius 1 is 1.92 bits per heavy atom. The highest BCUT2D eigenvalue weighted by Gasteiger charge is 2.27. The van der Waals surface area contributed by atoms with Gasteiger partial charge < -0.3 is 10.0 Å². The Hall–Kier alpha value is -1.50. The molecule has 0 aliphatic carbocycles. The Kier molecular flexibility index (Phi) is 2.34.